The first-order valence-corrected chi connectivity index (χ1v) is 3.04. The highest BCUT2D eigenvalue weighted by atomic mass is 19.3. The van der Waals surface area contributed by atoms with Crippen molar-refractivity contribution in [2.24, 2.45) is 0 Å². The number of rotatable bonds is 2. The van der Waals surface area contributed by atoms with Crippen molar-refractivity contribution in [1.29, 1.82) is 0 Å². The van der Waals surface area contributed by atoms with Gasteiger partial charge in [0, 0.05) is 6.20 Å². The lowest BCUT2D eigenvalue weighted by atomic mass is 10.2. The van der Waals surface area contributed by atoms with Crippen molar-refractivity contribution >= 4 is 6.29 Å². The van der Waals surface area contributed by atoms with E-state index >= 15 is 0 Å². The molecule has 2 nitrogen and oxygen atoms in total. The van der Waals surface area contributed by atoms with Crippen molar-refractivity contribution < 1.29 is 18.0 Å². The molecule has 1 aromatic rings. The summed E-state index contributed by atoms with van der Waals surface area (Å²) in [5.74, 6) is -1.11. The Kier molecular flexibility index (Phi) is 2.42. The van der Waals surface area contributed by atoms with E-state index in [1.54, 1.807) is 0 Å². The number of aldehydes is 1. The Morgan fingerprint density at radius 3 is 2.58 bits per heavy atom. The molecule has 0 aromatic carbocycles. The Hall–Kier alpha value is -1.39. The number of pyridine rings is 1. The average Bonchev–Trinajstić information content (AvgIpc) is 2.03. The molecule has 0 aliphatic rings. The number of carbonyl (C=O) groups excluding carboxylic acids is 1. The van der Waals surface area contributed by atoms with Crippen molar-refractivity contribution in [3.05, 3.63) is 29.3 Å². The van der Waals surface area contributed by atoms with Crippen LogP contribution >= 0.6 is 0 Å². The molecule has 0 unspecified atom stereocenters. The highest BCUT2D eigenvalue weighted by molar-refractivity contribution is 5.74. The van der Waals surface area contributed by atoms with Gasteiger partial charge in [-0.15, -0.1) is 0 Å². The molecule has 0 saturated heterocycles. The van der Waals surface area contributed by atoms with Crippen molar-refractivity contribution in [1.82, 2.24) is 4.98 Å². The van der Waals surface area contributed by atoms with Crippen LogP contribution in [-0.2, 0) is 0 Å². The molecule has 0 bridgehead atoms. The van der Waals surface area contributed by atoms with Gasteiger partial charge in [0.1, 0.15) is 11.5 Å². The topological polar surface area (TPSA) is 30.0 Å². The van der Waals surface area contributed by atoms with Crippen LogP contribution in [0, 0.1) is 5.82 Å². The van der Waals surface area contributed by atoms with E-state index in [4.69, 9.17) is 0 Å². The Balaban J connectivity index is 3.29. The van der Waals surface area contributed by atoms with Crippen LogP contribution in [-0.4, -0.2) is 11.3 Å². The Bertz CT molecular complexity index is 301. The zero-order valence-electron chi connectivity index (χ0n) is 5.80. The zero-order chi connectivity index (χ0) is 9.14. The molecular formula is C7H4F3NO. The summed E-state index contributed by atoms with van der Waals surface area (Å²) in [6, 6.07) is 0.786. The molecule has 64 valence electrons. The third kappa shape index (κ3) is 1.44. The lowest BCUT2D eigenvalue weighted by Gasteiger charge is -2.02. The zero-order valence-corrected chi connectivity index (χ0v) is 5.80. The second-order valence-corrected chi connectivity index (χ2v) is 2.01. The van der Waals surface area contributed by atoms with E-state index in [-0.39, 0.29) is 6.29 Å². The fraction of sp³-hybridized carbons (Fsp3) is 0.143. The Morgan fingerprint density at radius 2 is 2.17 bits per heavy atom. The minimum atomic E-state index is -3.01. The lowest BCUT2D eigenvalue weighted by Crippen LogP contribution is -2.00. The predicted molar refractivity (Wildman–Crippen MR) is 34.5 cm³/mol. The molecule has 1 rings (SSSR count). The summed E-state index contributed by atoms with van der Waals surface area (Å²) in [6.45, 7) is 0. The van der Waals surface area contributed by atoms with E-state index in [1.165, 1.54) is 0 Å². The van der Waals surface area contributed by atoms with E-state index in [2.05, 4.69) is 4.98 Å². The number of hydrogen-bond acceptors (Lipinski definition) is 2. The minimum Gasteiger partial charge on any atom is -0.296 e. The van der Waals surface area contributed by atoms with Gasteiger partial charge < -0.3 is 0 Å². The molecule has 0 fully saturated rings. The molecule has 0 radical (unpaired) electrons. The fourth-order valence-corrected chi connectivity index (χ4v) is 0.775. The molecule has 0 amide bonds. The number of alkyl halides is 2. The first-order chi connectivity index (χ1) is 5.66. The van der Waals surface area contributed by atoms with Gasteiger partial charge in [0.05, 0.1) is 5.56 Å². The summed E-state index contributed by atoms with van der Waals surface area (Å²) in [6.07, 6.45) is -1.95. The molecule has 0 saturated carbocycles. The first-order valence-electron chi connectivity index (χ1n) is 3.04. The highest BCUT2D eigenvalue weighted by Crippen LogP contribution is 2.23. The molecule has 5 heteroatoms. The van der Waals surface area contributed by atoms with E-state index in [9.17, 15) is 18.0 Å². The van der Waals surface area contributed by atoms with Crippen LogP contribution in [0.2, 0.25) is 0 Å². The summed E-state index contributed by atoms with van der Waals surface area (Å²) in [4.78, 5) is 13.4. The van der Waals surface area contributed by atoms with Gasteiger partial charge in [0.2, 0.25) is 0 Å². The van der Waals surface area contributed by atoms with Crippen LogP contribution in [0.25, 0.3) is 0 Å². The van der Waals surface area contributed by atoms with Crippen LogP contribution in [0.15, 0.2) is 12.3 Å². The number of nitrogens with zero attached hydrogens (tertiary/aromatic N) is 1. The standard InChI is InChI=1S/C7H4F3NO/c8-4-1-2-11-5(3-12)6(4)7(9)10/h1-3,7H. The molecule has 0 atom stereocenters. The van der Waals surface area contributed by atoms with Crippen LogP contribution in [0.4, 0.5) is 13.2 Å². The third-order valence-corrected chi connectivity index (χ3v) is 1.30. The molecule has 1 aromatic heterocycles. The van der Waals surface area contributed by atoms with Gasteiger partial charge in [-0.3, -0.25) is 9.78 Å². The quantitative estimate of drug-likeness (QED) is 0.643. The van der Waals surface area contributed by atoms with E-state index in [1.807, 2.05) is 0 Å². The highest BCUT2D eigenvalue weighted by Gasteiger charge is 2.18. The van der Waals surface area contributed by atoms with Gasteiger partial charge in [-0.2, -0.15) is 0 Å². The average molecular weight is 175 g/mol. The van der Waals surface area contributed by atoms with Crippen LogP contribution in [0.3, 0.4) is 0 Å². The van der Waals surface area contributed by atoms with Gasteiger partial charge >= 0.3 is 0 Å². The monoisotopic (exact) mass is 175 g/mol. The predicted octanol–water partition coefficient (Wildman–Crippen LogP) is 1.97. The maximum atomic E-state index is 12.6. The third-order valence-electron chi connectivity index (χ3n) is 1.30. The fourth-order valence-electron chi connectivity index (χ4n) is 0.775. The molecule has 0 aliphatic carbocycles. The van der Waals surface area contributed by atoms with Crippen molar-refractivity contribution in [3.63, 3.8) is 0 Å². The second kappa shape index (κ2) is 3.34. The summed E-state index contributed by atoms with van der Waals surface area (Å²) in [7, 11) is 0. The lowest BCUT2D eigenvalue weighted by molar-refractivity contribution is 0.109. The van der Waals surface area contributed by atoms with Gasteiger partial charge in [-0.05, 0) is 6.07 Å². The SMILES string of the molecule is O=Cc1nccc(F)c1C(F)F. The number of carbonyl (C=O) groups is 1. The van der Waals surface area contributed by atoms with Crippen LogP contribution in [0.1, 0.15) is 22.5 Å². The first kappa shape index (κ1) is 8.70. The van der Waals surface area contributed by atoms with Gasteiger partial charge in [0.15, 0.2) is 6.29 Å². The Labute approximate surface area is 66.0 Å². The second-order valence-electron chi connectivity index (χ2n) is 2.01. The van der Waals surface area contributed by atoms with Gasteiger partial charge in [-0.1, -0.05) is 0 Å². The summed E-state index contributed by atoms with van der Waals surface area (Å²) >= 11 is 0. The largest absolute Gasteiger partial charge is 0.296 e. The van der Waals surface area contributed by atoms with E-state index in [0.717, 1.165) is 12.3 Å². The molecule has 0 N–H and O–H groups in total. The van der Waals surface area contributed by atoms with E-state index in [0.29, 0.717) is 0 Å². The van der Waals surface area contributed by atoms with Crippen molar-refractivity contribution in [3.8, 4) is 0 Å². The summed E-state index contributed by atoms with van der Waals surface area (Å²) < 4.78 is 36.7. The molecule has 0 spiro atoms. The number of halogens is 3. The van der Waals surface area contributed by atoms with Crippen molar-refractivity contribution in [2.45, 2.75) is 6.43 Å². The molecule has 1 heterocycles. The summed E-state index contributed by atoms with van der Waals surface area (Å²) in [5.41, 5.74) is -1.49. The van der Waals surface area contributed by atoms with Crippen LogP contribution < -0.4 is 0 Å². The van der Waals surface area contributed by atoms with Crippen LogP contribution in [0.5, 0.6) is 0 Å². The smallest absolute Gasteiger partial charge is 0.268 e. The Morgan fingerprint density at radius 1 is 1.50 bits per heavy atom. The minimum absolute atomic E-state index is 0.102. The van der Waals surface area contributed by atoms with E-state index < -0.39 is 23.5 Å². The normalized spacial score (nSPS) is 10.3. The number of aromatic nitrogens is 1. The molecular weight excluding hydrogens is 171 g/mol. The summed E-state index contributed by atoms with van der Waals surface area (Å²) in [5, 5.41) is 0. The van der Waals surface area contributed by atoms with Gasteiger partial charge in [-0.25, -0.2) is 13.2 Å². The maximum Gasteiger partial charge on any atom is 0.268 e. The molecule has 12 heavy (non-hydrogen) atoms. The van der Waals surface area contributed by atoms with Crippen molar-refractivity contribution in [2.75, 3.05) is 0 Å². The molecule has 0 aliphatic heterocycles. The van der Waals surface area contributed by atoms with Gasteiger partial charge in [0.25, 0.3) is 6.43 Å². The maximum absolute atomic E-state index is 12.6. The number of hydrogen-bond donors (Lipinski definition) is 0.